The van der Waals surface area contributed by atoms with Crippen molar-refractivity contribution in [1.82, 2.24) is 0 Å². The van der Waals surface area contributed by atoms with Crippen LogP contribution in [0.4, 0.5) is 0 Å². The molecule has 1 saturated carbocycles. The maximum Gasteiger partial charge on any atom is 0.330 e. The number of ether oxygens (including phenoxy) is 2. The first-order valence-corrected chi connectivity index (χ1v) is 10.5. The van der Waals surface area contributed by atoms with Gasteiger partial charge in [-0.2, -0.15) is 19.6 Å². The summed E-state index contributed by atoms with van der Waals surface area (Å²) in [7, 11) is 0. The summed E-state index contributed by atoms with van der Waals surface area (Å²) in [6.07, 6.45) is -6.71. The topological polar surface area (TPSA) is 126 Å². The van der Waals surface area contributed by atoms with E-state index in [4.69, 9.17) is 48.6 Å². The van der Waals surface area contributed by atoms with Gasteiger partial charge in [0.15, 0.2) is 36.6 Å². The number of esters is 2. The highest BCUT2D eigenvalue weighted by Crippen LogP contribution is 2.35. The maximum atomic E-state index is 12.3. The number of carbonyl (C=O) groups excluding carboxylic acids is 2. The Labute approximate surface area is 209 Å². The van der Waals surface area contributed by atoms with E-state index in [9.17, 15) is 9.59 Å². The van der Waals surface area contributed by atoms with Crippen LogP contribution in [0.5, 0.6) is 0 Å². The van der Waals surface area contributed by atoms with Crippen molar-refractivity contribution in [2.24, 2.45) is 0 Å². The van der Waals surface area contributed by atoms with Crippen molar-refractivity contribution in [3.63, 3.8) is 0 Å². The Morgan fingerprint density at radius 1 is 0.500 bits per heavy atom. The highest BCUT2D eigenvalue weighted by atomic mass is 17.3. The van der Waals surface area contributed by atoms with Gasteiger partial charge in [-0.05, 0) is 27.7 Å². The summed E-state index contributed by atoms with van der Waals surface area (Å²) >= 11 is 0. The van der Waals surface area contributed by atoms with Gasteiger partial charge in [0.05, 0.1) is 0 Å². The molecule has 6 unspecified atom stereocenters. The van der Waals surface area contributed by atoms with Crippen LogP contribution in [0.2, 0.25) is 0 Å². The van der Waals surface area contributed by atoms with Gasteiger partial charge in [-0.3, -0.25) is 0 Å². The molecule has 0 aromatic carbocycles. The zero-order valence-corrected chi connectivity index (χ0v) is 20.8. The molecule has 12 heteroatoms. The summed E-state index contributed by atoms with van der Waals surface area (Å²) < 4.78 is 10.9. The minimum atomic E-state index is -1.47. The van der Waals surface area contributed by atoms with Crippen LogP contribution in [0.1, 0.15) is 27.7 Å². The Kier molecular flexibility index (Phi) is 12.5. The number of rotatable bonds is 16. The quantitative estimate of drug-likeness (QED) is 0.0986. The molecule has 0 spiro atoms. The standard InChI is InChI=1S/C24H32O12/c1-11-17(25)27-19-20(28-18(26)12-2)22(34-30-14(5)6)24(36-32-16(9)10)23(35-31-15(7)8)21(19)33-29-13(3)4/h11-12,19-24H,1-3,5,7,9H2,4,6,8,10H3. The molecule has 6 atom stereocenters. The molecule has 0 aliphatic heterocycles. The van der Waals surface area contributed by atoms with Crippen molar-refractivity contribution in [2.75, 3.05) is 0 Å². The maximum absolute atomic E-state index is 12.3. The molecule has 0 saturated heterocycles. The SMILES string of the molecule is C=CC(=O)OC1C(OOC(=C)C)C(OOC(=C)C)C(OOC(=C)C)C(OOC(=C)C)C1OC(=O)C=C. The molecule has 0 radical (unpaired) electrons. The second-order valence-electron chi connectivity index (χ2n) is 7.60. The lowest BCUT2D eigenvalue weighted by Crippen LogP contribution is -2.68. The fourth-order valence-electron chi connectivity index (χ4n) is 2.74. The van der Waals surface area contributed by atoms with Crippen LogP contribution in [0, 0.1) is 0 Å². The van der Waals surface area contributed by atoms with E-state index in [0.717, 1.165) is 12.2 Å². The monoisotopic (exact) mass is 512 g/mol. The molecule has 1 rings (SSSR count). The van der Waals surface area contributed by atoms with Gasteiger partial charge in [0, 0.05) is 12.2 Å². The van der Waals surface area contributed by atoms with Crippen molar-refractivity contribution < 1.29 is 58.2 Å². The number of carbonyl (C=O) groups is 2. The molecule has 1 aliphatic carbocycles. The van der Waals surface area contributed by atoms with E-state index in [1.54, 1.807) is 0 Å². The zero-order chi connectivity index (χ0) is 27.4. The van der Waals surface area contributed by atoms with Gasteiger partial charge >= 0.3 is 11.9 Å². The first-order chi connectivity index (χ1) is 16.9. The van der Waals surface area contributed by atoms with E-state index in [2.05, 4.69) is 39.5 Å². The molecule has 0 amide bonds. The van der Waals surface area contributed by atoms with Gasteiger partial charge in [0.2, 0.25) is 0 Å². The van der Waals surface area contributed by atoms with Crippen LogP contribution in [0.15, 0.2) is 74.7 Å². The molecular weight excluding hydrogens is 480 g/mol. The molecule has 0 heterocycles. The highest BCUT2D eigenvalue weighted by molar-refractivity contribution is 5.82. The van der Waals surface area contributed by atoms with Crippen LogP contribution in [-0.2, 0) is 58.2 Å². The van der Waals surface area contributed by atoms with E-state index in [1.807, 2.05) is 0 Å². The Morgan fingerprint density at radius 2 is 0.722 bits per heavy atom. The lowest BCUT2D eigenvalue weighted by molar-refractivity contribution is -0.459. The fraction of sp³-hybridized carbons (Fsp3) is 0.417. The van der Waals surface area contributed by atoms with Crippen LogP contribution < -0.4 is 0 Å². The summed E-state index contributed by atoms with van der Waals surface area (Å²) in [5, 5.41) is 0. The van der Waals surface area contributed by atoms with Crippen molar-refractivity contribution in [3.8, 4) is 0 Å². The Hall–Kier alpha value is -3.58. The van der Waals surface area contributed by atoms with Gasteiger partial charge in [0.1, 0.15) is 23.0 Å². The number of hydrogen-bond donors (Lipinski definition) is 0. The lowest BCUT2D eigenvalue weighted by Gasteiger charge is -2.45. The molecule has 1 aliphatic rings. The molecule has 0 bridgehead atoms. The third kappa shape index (κ3) is 9.58. The average Bonchev–Trinajstić information content (AvgIpc) is 2.80. The molecule has 36 heavy (non-hydrogen) atoms. The molecular formula is C24H32O12. The second-order valence-corrected chi connectivity index (χ2v) is 7.60. The first kappa shape index (κ1) is 30.5. The average molecular weight is 513 g/mol. The summed E-state index contributed by atoms with van der Waals surface area (Å²) in [4.78, 5) is 66.9. The molecule has 200 valence electrons. The third-order valence-corrected chi connectivity index (χ3v) is 3.99. The zero-order valence-electron chi connectivity index (χ0n) is 20.8. The van der Waals surface area contributed by atoms with E-state index in [0.29, 0.717) is 0 Å². The molecule has 12 nitrogen and oxygen atoms in total. The first-order valence-electron chi connectivity index (χ1n) is 10.5. The van der Waals surface area contributed by atoms with Gasteiger partial charge in [-0.1, -0.05) is 39.5 Å². The van der Waals surface area contributed by atoms with Crippen LogP contribution in [0.25, 0.3) is 0 Å². The highest BCUT2D eigenvalue weighted by Gasteiger charge is 2.61. The summed E-state index contributed by atoms with van der Waals surface area (Å²) in [5.74, 6) is -1.26. The summed E-state index contributed by atoms with van der Waals surface area (Å²) in [6, 6.07) is 0. The van der Waals surface area contributed by atoms with Crippen molar-refractivity contribution in [1.29, 1.82) is 0 Å². The predicted octanol–water partition coefficient (Wildman–Crippen LogP) is 3.60. The predicted molar refractivity (Wildman–Crippen MR) is 123 cm³/mol. The van der Waals surface area contributed by atoms with Gasteiger partial charge in [0.25, 0.3) is 0 Å². The molecule has 1 fully saturated rings. The molecule has 0 aromatic rings. The fourth-order valence-corrected chi connectivity index (χ4v) is 2.74. The number of allylic oxidation sites excluding steroid dienone is 4. The number of hydrogen-bond acceptors (Lipinski definition) is 12. The largest absolute Gasteiger partial charge is 0.452 e. The van der Waals surface area contributed by atoms with Gasteiger partial charge in [-0.15, -0.1) is 0 Å². The van der Waals surface area contributed by atoms with E-state index >= 15 is 0 Å². The third-order valence-electron chi connectivity index (χ3n) is 3.99. The van der Waals surface area contributed by atoms with Gasteiger partial charge in [-0.25, -0.2) is 9.59 Å². The summed E-state index contributed by atoms with van der Waals surface area (Å²) in [5.41, 5.74) is 0. The Bertz CT molecular complexity index is 793. The smallest absolute Gasteiger partial charge is 0.330 e. The van der Waals surface area contributed by atoms with Crippen molar-refractivity contribution in [3.05, 3.63) is 74.7 Å². The van der Waals surface area contributed by atoms with Crippen LogP contribution >= 0.6 is 0 Å². The minimum Gasteiger partial charge on any atom is -0.452 e. The van der Waals surface area contributed by atoms with E-state index in [1.165, 1.54) is 27.7 Å². The second kappa shape index (κ2) is 14.7. The molecule has 0 N–H and O–H groups in total. The van der Waals surface area contributed by atoms with E-state index in [-0.39, 0.29) is 23.0 Å². The van der Waals surface area contributed by atoms with Crippen molar-refractivity contribution >= 4 is 11.9 Å². The Balaban J connectivity index is 3.71. The van der Waals surface area contributed by atoms with Crippen molar-refractivity contribution in [2.45, 2.75) is 64.3 Å². The van der Waals surface area contributed by atoms with Gasteiger partial charge < -0.3 is 29.0 Å². The lowest BCUT2D eigenvalue weighted by atomic mass is 9.84. The Morgan fingerprint density at radius 3 is 0.917 bits per heavy atom. The minimum absolute atomic E-state index is 0.127. The normalized spacial score (nSPS) is 24.9. The van der Waals surface area contributed by atoms with Crippen LogP contribution in [-0.4, -0.2) is 48.6 Å². The molecule has 0 aromatic heterocycles. The van der Waals surface area contributed by atoms with Crippen LogP contribution in [0.3, 0.4) is 0 Å². The summed E-state index contributed by atoms with van der Waals surface area (Å²) in [6.45, 7) is 27.1. The van der Waals surface area contributed by atoms with E-state index < -0.39 is 48.6 Å².